The van der Waals surface area contributed by atoms with Crippen molar-refractivity contribution in [3.05, 3.63) is 238 Å². The van der Waals surface area contributed by atoms with Gasteiger partial charge < -0.3 is 9.80 Å². The normalized spacial score (nSPS) is 13.4. The number of hydrogen-bond acceptors (Lipinski definition) is 2. The molecule has 2 aliphatic rings. The van der Waals surface area contributed by atoms with Crippen LogP contribution in [0.5, 0.6) is 0 Å². The molecule has 2 heteroatoms. The summed E-state index contributed by atoms with van der Waals surface area (Å²) in [6, 6.07) is 63.1. The van der Waals surface area contributed by atoms with Crippen molar-refractivity contribution in [3.63, 3.8) is 0 Å². The number of allylic oxidation sites excluding steroid dienone is 5. The number of aryl methyl sites for hydroxylation is 3. The van der Waals surface area contributed by atoms with E-state index >= 15 is 0 Å². The van der Waals surface area contributed by atoms with Crippen molar-refractivity contribution in [2.75, 3.05) is 9.80 Å². The van der Waals surface area contributed by atoms with Gasteiger partial charge in [0.15, 0.2) is 0 Å². The maximum Gasteiger partial charge on any atom is 0.0546 e. The Morgan fingerprint density at radius 2 is 0.838 bits per heavy atom. The Morgan fingerprint density at radius 1 is 0.382 bits per heavy atom. The molecule has 2 nitrogen and oxygen atoms in total. The average Bonchev–Trinajstić information content (AvgIpc) is 3.38. The smallest absolute Gasteiger partial charge is 0.0546 e. The van der Waals surface area contributed by atoms with Gasteiger partial charge in [0.1, 0.15) is 0 Å². The van der Waals surface area contributed by atoms with Crippen molar-refractivity contribution < 1.29 is 0 Å². The molecule has 0 atom stereocenters. The first-order chi connectivity index (χ1) is 33.4. The van der Waals surface area contributed by atoms with Gasteiger partial charge in [-0.15, -0.1) is 0 Å². The van der Waals surface area contributed by atoms with Crippen LogP contribution in [0.25, 0.3) is 59.9 Å². The van der Waals surface area contributed by atoms with E-state index in [1.165, 1.54) is 98.9 Å². The fourth-order valence-electron chi connectivity index (χ4n) is 10.7. The molecule has 0 saturated carbocycles. The molecule has 0 N–H and O–H groups in total. The lowest BCUT2D eigenvalue weighted by molar-refractivity contribution is 0.876. The van der Waals surface area contributed by atoms with Crippen LogP contribution in [0, 0.1) is 32.6 Å². The third-order valence-corrected chi connectivity index (χ3v) is 14.3. The van der Waals surface area contributed by atoms with Crippen LogP contribution in [0.2, 0.25) is 0 Å². The molecule has 326 valence electrons. The van der Waals surface area contributed by atoms with Gasteiger partial charge >= 0.3 is 0 Å². The van der Waals surface area contributed by atoms with E-state index in [-0.39, 0.29) is 0 Å². The topological polar surface area (TPSA) is 6.48 Å². The Balaban J connectivity index is 1.05. The van der Waals surface area contributed by atoms with Gasteiger partial charge in [0, 0.05) is 44.7 Å². The first kappa shape index (κ1) is 41.3. The van der Waals surface area contributed by atoms with Crippen LogP contribution in [-0.4, -0.2) is 0 Å². The monoisotopic (exact) mass is 872 g/mol. The molecular weight excluding hydrogens is 821 g/mol. The number of rotatable bonds is 6. The molecular formula is C66H52N2. The van der Waals surface area contributed by atoms with Gasteiger partial charge in [-0.2, -0.15) is 0 Å². The van der Waals surface area contributed by atoms with E-state index < -0.39 is 0 Å². The van der Waals surface area contributed by atoms with E-state index in [4.69, 9.17) is 0 Å². The third kappa shape index (κ3) is 7.24. The molecule has 2 aliphatic carbocycles. The Morgan fingerprint density at radius 3 is 1.41 bits per heavy atom. The predicted octanol–water partition coefficient (Wildman–Crippen LogP) is 18.0. The van der Waals surface area contributed by atoms with E-state index in [1.54, 1.807) is 0 Å². The van der Waals surface area contributed by atoms with Gasteiger partial charge in [0.05, 0.1) is 11.4 Å². The van der Waals surface area contributed by atoms with Crippen LogP contribution in [0.15, 0.2) is 199 Å². The van der Waals surface area contributed by atoms with Crippen LogP contribution >= 0.6 is 0 Å². The Hall–Kier alpha value is -8.12. The van der Waals surface area contributed by atoms with Crippen LogP contribution in [0.3, 0.4) is 0 Å². The van der Waals surface area contributed by atoms with E-state index in [1.807, 2.05) is 0 Å². The molecule has 0 unspecified atom stereocenters. The van der Waals surface area contributed by atoms with Crippen molar-refractivity contribution in [2.24, 2.45) is 0 Å². The molecule has 0 spiro atoms. The summed E-state index contributed by atoms with van der Waals surface area (Å²) < 4.78 is 0. The van der Waals surface area contributed by atoms with Crippen LogP contribution in [-0.2, 0) is 6.42 Å². The zero-order chi connectivity index (χ0) is 45.9. The minimum atomic E-state index is 0.954. The van der Waals surface area contributed by atoms with E-state index in [0.717, 1.165) is 59.3 Å². The largest absolute Gasteiger partial charge is 0.314 e. The lowest BCUT2D eigenvalue weighted by atomic mass is 9.86. The van der Waals surface area contributed by atoms with Gasteiger partial charge in [-0.05, 0) is 174 Å². The Labute approximate surface area is 399 Å². The van der Waals surface area contributed by atoms with E-state index in [9.17, 15) is 0 Å². The summed E-state index contributed by atoms with van der Waals surface area (Å²) in [5.41, 5.74) is 17.1. The number of nitrogens with zero attached hydrogens (tertiary/aromatic N) is 2. The first-order valence-corrected chi connectivity index (χ1v) is 24.1. The van der Waals surface area contributed by atoms with Crippen molar-refractivity contribution >= 4 is 88.4 Å². The Bertz CT molecular complexity index is 3770. The molecule has 0 amide bonds. The molecule has 10 aromatic rings. The van der Waals surface area contributed by atoms with E-state index in [0.29, 0.717) is 0 Å². The molecule has 0 saturated heterocycles. The average molecular weight is 873 g/mol. The highest BCUT2D eigenvalue weighted by Gasteiger charge is 2.24. The molecule has 0 aromatic heterocycles. The molecule has 0 bridgehead atoms. The summed E-state index contributed by atoms with van der Waals surface area (Å²) in [6.07, 6.45) is 13.3. The molecule has 0 radical (unpaired) electrons. The highest BCUT2D eigenvalue weighted by molar-refractivity contribution is 6.23. The second kappa shape index (κ2) is 16.9. The van der Waals surface area contributed by atoms with Gasteiger partial charge in [0.25, 0.3) is 0 Å². The zero-order valence-corrected chi connectivity index (χ0v) is 39.2. The molecule has 0 fully saturated rings. The molecule has 0 aliphatic heterocycles. The summed E-state index contributed by atoms with van der Waals surface area (Å²) in [6.45, 7) is 8.70. The zero-order valence-electron chi connectivity index (χ0n) is 39.2. The highest BCUT2D eigenvalue weighted by Crippen LogP contribution is 2.46. The molecule has 0 heterocycles. The summed E-state index contributed by atoms with van der Waals surface area (Å²) in [5.74, 6) is 7.66. The summed E-state index contributed by atoms with van der Waals surface area (Å²) in [5, 5.41) is 12.2. The first-order valence-electron chi connectivity index (χ1n) is 24.1. The molecule has 68 heavy (non-hydrogen) atoms. The number of fused-ring (bicyclic) bond motifs is 10. The van der Waals surface area contributed by atoms with Gasteiger partial charge in [-0.3, -0.25) is 0 Å². The summed E-state index contributed by atoms with van der Waals surface area (Å²) >= 11 is 0. The van der Waals surface area contributed by atoms with Crippen LogP contribution in [0.1, 0.15) is 65.1 Å². The molecule has 12 rings (SSSR count). The van der Waals surface area contributed by atoms with Crippen molar-refractivity contribution in [2.45, 2.75) is 53.4 Å². The van der Waals surface area contributed by atoms with E-state index in [2.05, 4.69) is 243 Å². The van der Waals surface area contributed by atoms with Gasteiger partial charge in [0.2, 0.25) is 0 Å². The van der Waals surface area contributed by atoms with Crippen LogP contribution < -0.4 is 9.80 Å². The van der Waals surface area contributed by atoms with Crippen molar-refractivity contribution in [1.29, 1.82) is 0 Å². The molecule has 10 aromatic carbocycles. The maximum absolute atomic E-state index is 3.84. The number of anilines is 5. The predicted molar refractivity (Wildman–Crippen MR) is 292 cm³/mol. The summed E-state index contributed by atoms with van der Waals surface area (Å²) in [7, 11) is 0. The quantitative estimate of drug-likeness (QED) is 0.121. The lowest BCUT2D eigenvalue weighted by Gasteiger charge is -2.31. The van der Waals surface area contributed by atoms with Crippen molar-refractivity contribution in [3.8, 4) is 11.8 Å². The second-order valence-electron chi connectivity index (χ2n) is 18.9. The fourth-order valence-corrected chi connectivity index (χ4v) is 10.7. The number of hydrogen-bond donors (Lipinski definition) is 0. The van der Waals surface area contributed by atoms with Gasteiger partial charge in [-0.25, -0.2) is 0 Å². The standard InChI is InChI=1S/C66H52N2/c1-43-21-31-49(32-22-43)67(50-33-23-44(2)24-34-50)65-41-63-55-15-7-5-13-53(55)47(39-61(63)57-17-9-11-19-59(57)65)29-30-48-40-62-58-18-10-12-20-60(58)66(42-64(62)56-16-8-6-14-54(48)56)68(51-35-25-45(3)26-36-51)52-37-27-46(4)28-38-52/h5,7-13,15-27,31-37,39-42H,6,14,28,38H2,1-4H3. The van der Waals surface area contributed by atoms with Gasteiger partial charge in [-0.1, -0.05) is 162 Å². The highest BCUT2D eigenvalue weighted by atomic mass is 15.2. The second-order valence-corrected chi connectivity index (χ2v) is 18.9. The Kier molecular flexibility index (Phi) is 10.3. The minimum absolute atomic E-state index is 0.954. The SMILES string of the molecule is CC1=CC=C(N(c2ccc(C)cc2)c2cc3c4c(c(C#Cc5cc6c7ccccc7c(N(c7ccc(C)cc7)c7ccc(C)cc7)cc6c6ccccc56)cc3c3ccccc23)CCC=C4)CC1. The fraction of sp³-hybridized carbons (Fsp3) is 0.121. The third-order valence-electron chi connectivity index (χ3n) is 14.3. The summed E-state index contributed by atoms with van der Waals surface area (Å²) in [4.78, 5) is 4.93. The van der Waals surface area contributed by atoms with Crippen molar-refractivity contribution in [1.82, 2.24) is 0 Å². The minimum Gasteiger partial charge on any atom is -0.314 e. The number of benzene rings is 10. The van der Waals surface area contributed by atoms with Crippen LogP contribution in [0.4, 0.5) is 28.4 Å². The maximum atomic E-state index is 3.84. The lowest BCUT2D eigenvalue weighted by Crippen LogP contribution is -2.18.